The lowest BCUT2D eigenvalue weighted by Crippen LogP contribution is -2.43. The highest BCUT2D eigenvalue weighted by atomic mass is 16.5. The summed E-state index contributed by atoms with van der Waals surface area (Å²) in [7, 11) is 1.35. The van der Waals surface area contributed by atoms with E-state index in [0.717, 1.165) is 5.56 Å². The van der Waals surface area contributed by atoms with Crippen LogP contribution in [0.2, 0.25) is 0 Å². The first kappa shape index (κ1) is 13.7. The zero-order valence-corrected chi connectivity index (χ0v) is 10.3. The van der Waals surface area contributed by atoms with Gasteiger partial charge in [0.15, 0.2) is 0 Å². The lowest BCUT2D eigenvalue weighted by atomic mass is 10.0. The Labute approximate surface area is 102 Å². The van der Waals surface area contributed by atoms with E-state index in [1.165, 1.54) is 7.11 Å². The molecule has 1 aromatic rings. The summed E-state index contributed by atoms with van der Waals surface area (Å²) in [4.78, 5) is 11.1. The van der Waals surface area contributed by atoms with Crippen LogP contribution in [0.1, 0.15) is 18.9 Å². The Morgan fingerprint density at radius 3 is 2.59 bits per heavy atom. The SMILES string of the molecule is COC(=O)CC(C)(N)COCc1ccccc1. The van der Waals surface area contributed by atoms with Gasteiger partial charge in [-0.05, 0) is 12.5 Å². The monoisotopic (exact) mass is 237 g/mol. The maximum atomic E-state index is 11.1. The second-order valence-electron chi connectivity index (χ2n) is 4.39. The molecule has 0 saturated carbocycles. The van der Waals surface area contributed by atoms with Crippen LogP contribution in [0.15, 0.2) is 30.3 Å². The van der Waals surface area contributed by atoms with E-state index >= 15 is 0 Å². The van der Waals surface area contributed by atoms with Gasteiger partial charge in [0, 0.05) is 5.54 Å². The first-order valence-corrected chi connectivity index (χ1v) is 5.51. The van der Waals surface area contributed by atoms with Crippen molar-refractivity contribution >= 4 is 5.97 Å². The molecule has 0 heterocycles. The number of hydrogen-bond acceptors (Lipinski definition) is 4. The van der Waals surface area contributed by atoms with Crippen LogP contribution >= 0.6 is 0 Å². The molecule has 4 heteroatoms. The summed E-state index contributed by atoms with van der Waals surface area (Å²) in [5.74, 6) is -0.321. The molecule has 0 amide bonds. The van der Waals surface area contributed by atoms with Crippen LogP contribution in [0.4, 0.5) is 0 Å². The van der Waals surface area contributed by atoms with Crippen LogP contribution in [0.25, 0.3) is 0 Å². The summed E-state index contributed by atoms with van der Waals surface area (Å²) in [6.07, 6.45) is 0.151. The molecule has 1 atom stereocenters. The van der Waals surface area contributed by atoms with Crippen LogP contribution in [0, 0.1) is 0 Å². The summed E-state index contributed by atoms with van der Waals surface area (Å²) in [6.45, 7) is 2.58. The van der Waals surface area contributed by atoms with Gasteiger partial charge in [0.05, 0.1) is 26.7 Å². The van der Waals surface area contributed by atoms with Crippen molar-refractivity contribution in [1.82, 2.24) is 0 Å². The van der Waals surface area contributed by atoms with E-state index in [2.05, 4.69) is 4.74 Å². The van der Waals surface area contributed by atoms with Gasteiger partial charge < -0.3 is 15.2 Å². The molecule has 0 aliphatic rings. The molecule has 0 bridgehead atoms. The molecule has 0 fully saturated rings. The van der Waals surface area contributed by atoms with Gasteiger partial charge in [-0.25, -0.2) is 0 Å². The maximum Gasteiger partial charge on any atom is 0.307 e. The lowest BCUT2D eigenvalue weighted by Gasteiger charge is -2.22. The number of carbonyl (C=O) groups is 1. The molecule has 0 aromatic heterocycles. The first-order chi connectivity index (χ1) is 8.03. The highest BCUT2D eigenvalue weighted by molar-refractivity contribution is 5.70. The van der Waals surface area contributed by atoms with Gasteiger partial charge in [-0.3, -0.25) is 4.79 Å². The van der Waals surface area contributed by atoms with Crippen LogP contribution < -0.4 is 5.73 Å². The van der Waals surface area contributed by atoms with Gasteiger partial charge in [0.2, 0.25) is 0 Å². The number of hydrogen-bond donors (Lipinski definition) is 1. The predicted octanol–water partition coefficient (Wildman–Crippen LogP) is 1.48. The summed E-state index contributed by atoms with van der Waals surface area (Å²) in [5, 5.41) is 0. The maximum absolute atomic E-state index is 11.1. The Bertz CT molecular complexity index is 349. The van der Waals surface area contributed by atoms with Crippen LogP contribution in [0.5, 0.6) is 0 Å². The van der Waals surface area contributed by atoms with Crippen LogP contribution in [-0.2, 0) is 20.9 Å². The molecule has 0 saturated heterocycles. The van der Waals surface area contributed by atoms with E-state index in [1.54, 1.807) is 6.92 Å². The second kappa shape index (κ2) is 6.37. The van der Waals surface area contributed by atoms with E-state index < -0.39 is 5.54 Å². The third-order valence-electron chi connectivity index (χ3n) is 2.32. The van der Waals surface area contributed by atoms with E-state index in [1.807, 2.05) is 30.3 Å². The van der Waals surface area contributed by atoms with Gasteiger partial charge in [-0.1, -0.05) is 30.3 Å². The minimum atomic E-state index is -0.693. The largest absolute Gasteiger partial charge is 0.469 e. The zero-order chi connectivity index (χ0) is 12.7. The summed E-state index contributed by atoms with van der Waals surface area (Å²) >= 11 is 0. The molecule has 0 radical (unpaired) electrons. The molecule has 2 N–H and O–H groups in total. The van der Waals surface area contributed by atoms with Crippen molar-refractivity contribution < 1.29 is 14.3 Å². The molecule has 4 nitrogen and oxygen atoms in total. The smallest absolute Gasteiger partial charge is 0.307 e. The minimum Gasteiger partial charge on any atom is -0.469 e. The predicted molar refractivity (Wildman–Crippen MR) is 65.3 cm³/mol. The number of nitrogens with two attached hydrogens (primary N) is 1. The van der Waals surface area contributed by atoms with E-state index in [0.29, 0.717) is 13.2 Å². The average molecular weight is 237 g/mol. The fourth-order valence-corrected chi connectivity index (χ4v) is 1.43. The number of rotatable bonds is 6. The van der Waals surface area contributed by atoms with Crippen LogP contribution in [-0.4, -0.2) is 25.2 Å². The Kier molecular flexibility index (Phi) is 5.12. The molecule has 94 valence electrons. The molecule has 0 aliphatic carbocycles. The quantitative estimate of drug-likeness (QED) is 0.761. The topological polar surface area (TPSA) is 61.5 Å². The van der Waals surface area contributed by atoms with Gasteiger partial charge >= 0.3 is 5.97 Å². The zero-order valence-electron chi connectivity index (χ0n) is 10.3. The van der Waals surface area contributed by atoms with Crippen molar-refractivity contribution in [2.45, 2.75) is 25.5 Å². The molecule has 0 spiro atoms. The highest BCUT2D eigenvalue weighted by Crippen LogP contribution is 2.09. The highest BCUT2D eigenvalue weighted by Gasteiger charge is 2.23. The summed E-state index contributed by atoms with van der Waals surface area (Å²) in [5.41, 5.74) is 6.32. The number of esters is 1. The Hall–Kier alpha value is -1.39. The third kappa shape index (κ3) is 5.47. The van der Waals surface area contributed by atoms with Crippen molar-refractivity contribution in [3.8, 4) is 0 Å². The Morgan fingerprint density at radius 2 is 2.00 bits per heavy atom. The standard InChI is InChI=1S/C13H19NO3/c1-13(14,8-12(15)16-2)10-17-9-11-6-4-3-5-7-11/h3-7H,8-10,14H2,1-2H3. The van der Waals surface area contributed by atoms with Crippen LogP contribution in [0.3, 0.4) is 0 Å². The minimum absolute atomic E-state index is 0.151. The Morgan fingerprint density at radius 1 is 1.35 bits per heavy atom. The van der Waals surface area contributed by atoms with Gasteiger partial charge in [0.1, 0.15) is 0 Å². The lowest BCUT2D eigenvalue weighted by molar-refractivity contribution is -0.142. The fraction of sp³-hybridized carbons (Fsp3) is 0.462. The van der Waals surface area contributed by atoms with E-state index in [4.69, 9.17) is 10.5 Å². The third-order valence-corrected chi connectivity index (χ3v) is 2.32. The molecule has 1 unspecified atom stereocenters. The normalized spacial score (nSPS) is 14.1. The van der Waals surface area contributed by atoms with Crippen molar-refractivity contribution in [1.29, 1.82) is 0 Å². The van der Waals surface area contributed by atoms with E-state index in [9.17, 15) is 4.79 Å². The molecule has 17 heavy (non-hydrogen) atoms. The molecule has 0 aliphatic heterocycles. The molecule has 1 aromatic carbocycles. The number of ether oxygens (including phenoxy) is 2. The number of benzene rings is 1. The number of methoxy groups -OCH3 is 1. The van der Waals surface area contributed by atoms with Crippen molar-refractivity contribution in [2.75, 3.05) is 13.7 Å². The van der Waals surface area contributed by atoms with Gasteiger partial charge in [0.25, 0.3) is 0 Å². The van der Waals surface area contributed by atoms with Gasteiger partial charge in [-0.15, -0.1) is 0 Å². The number of carbonyl (C=O) groups excluding carboxylic acids is 1. The first-order valence-electron chi connectivity index (χ1n) is 5.51. The molecular weight excluding hydrogens is 218 g/mol. The van der Waals surface area contributed by atoms with E-state index in [-0.39, 0.29) is 12.4 Å². The molecule has 1 rings (SSSR count). The summed E-state index contributed by atoms with van der Waals surface area (Å²) < 4.78 is 10.1. The summed E-state index contributed by atoms with van der Waals surface area (Å²) in [6, 6.07) is 9.82. The second-order valence-corrected chi connectivity index (χ2v) is 4.39. The fourth-order valence-electron chi connectivity index (χ4n) is 1.43. The van der Waals surface area contributed by atoms with Crippen molar-refractivity contribution in [3.63, 3.8) is 0 Å². The Balaban J connectivity index is 2.32. The average Bonchev–Trinajstić information content (AvgIpc) is 2.29. The molecular formula is C13H19NO3. The van der Waals surface area contributed by atoms with Gasteiger partial charge in [-0.2, -0.15) is 0 Å². The van der Waals surface area contributed by atoms with Crippen molar-refractivity contribution in [3.05, 3.63) is 35.9 Å². The van der Waals surface area contributed by atoms with Crippen molar-refractivity contribution in [2.24, 2.45) is 5.73 Å².